The van der Waals surface area contributed by atoms with E-state index in [4.69, 9.17) is 4.74 Å². The molecule has 3 aliphatic rings. The third-order valence-electron chi connectivity index (χ3n) is 5.81. The van der Waals surface area contributed by atoms with Crippen LogP contribution < -0.4 is 10.7 Å². The summed E-state index contributed by atoms with van der Waals surface area (Å²) in [5, 5.41) is 12.6. The number of carbonyl (C=O) groups excluding carboxylic acids is 2. The van der Waals surface area contributed by atoms with Crippen LogP contribution in [0.4, 0.5) is 13.2 Å². The third-order valence-corrected chi connectivity index (χ3v) is 5.81. The lowest BCUT2D eigenvalue weighted by molar-refractivity contribution is -0.106. The van der Waals surface area contributed by atoms with E-state index in [0.717, 1.165) is 11.9 Å². The van der Waals surface area contributed by atoms with Gasteiger partial charge in [0.1, 0.15) is 23.0 Å². The van der Waals surface area contributed by atoms with E-state index in [1.807, 2.05) is 6.08 Å². The van der Waals surface area contributed by atoms with Gasteiger partial charge in [-0.3, -0.25) is 19.3 Å². The molecule has 1 aromatic heterocycles. The van der Waals surface area contributed by atoms with Crippen molar-refractivity contribution in [3.63, 3.8) is 0 Å². The molecule has 0 saturated carbocycles. The van der Waals surface area contributed by atoms with Crippen molar-refractivity contribution in [3.8, 4) is 5.75 Å². The fourth-order valence-corrected chi connectivity index (χ4v) is 4.29. The number of ether oxygens (including phenoxy) is 1. The Labute approximate surface area is 178 Å². The van der Waals surface area contributed by atoms with Crippen molar-refractivity contribution in [2.24, 2.45) is 0 Å². The molecule has 1 saturated heterocycles. The molecule has 0 radical (unpaired) electrons. The maximum absolute atomic E-state index is 13.8. The van der Waals surface area contributed by atoms with Gasteiger partial charge in [0.25, 0.3) is 11.8 Å². The molecule has 2 amide bonds. The van der Waals surface area contributed by atoms with Crippen LogP contribution in [0.3, 0.4) is 0 Å². The zero-order valence-electron chi connectivity index (χ0n) is 16.4. The van der Waals surface area contributed by atoms with Crippen molar-refractivity contribution in [1.29, 1.82) is 0 Å². The quantitative estimate of drug-likeness (QED) is 0.747. The van der Waals surface area contributed by atoms with Crippen LogP contribution in [0.15, 0.2) is 34.9 Å². The van der Waals surface area contributed by atoms with Gasteiger partial charge < -0.3 is 19.7 Å². The van der Waals surface area contributed by atoms with Gasteiger partial charge in [0.2, 0.25) is 5.43 Å². The molecule has 11 heteroatoms. The number of pyridine rings is 1. The van der Waals surface area contributed by atoms with Crippen molar-refractivity contribution >= 4 is 11.8 Å². The lowest BCUT2D eigenvalue weighted by atomic mass is 10.1. The summed E-state index contributed by atoms with van der Waals surface area (Å²) in [6, 6.07) is 0.933. The molecular formula is C21H16F3N3O5. The Hall–Kier alpha value is -3.60. The van der Waals surface area contributed by atoms with Crippen LogP contribution in [0.5, 0.6) is 5.75 Å². The van der Waals surface area contributed by atoms with Gasteiger partial charge in [0.15, 0.2) is 17.7 Å². The largest absolute Gasteiger partial charge is 0.503 e. The van der Waals surface area contributed by atoms with Crippen molar-refractivity contribution < 1.29 is 32.6 Å². The van der Waals surface area contributed by atoms with Crippen LogP contribution in [-0.2, 0) is 17.8 Å². The van der Waals surface area contributed by atoms with Crippen molar-refractivity contribution in [2.45, 2.75) is 38.3 Å². The van der Waals surface area contributed by atoms with Gasteiger partial charge in [-0.15, -0.1) is 0 Å². The molecule has 166 valence electrons. The van der Waals surface area contributed by atoms with Gasteiger partial charge in [-0.25, -0.2) is 13.2 Å². The maximum Gasteiger partial charge on any atom is 0.280 e. The van der Waals surface area contributed by atoms with Gasteiger partial charge in [0.05, 0.1) is 12.6 Å². The van der Waals surface area contributed by atoms with Crippen LogP contribution >= 0.6 is 0 Å². The first kappa shape index (κ1) is 20.3. The summed E-state index contributed by atoms with van der Waals surface area (Å²) in [7, 11) is 0. The highest BCUT2D eigenvalue weighted by Crippen LogP contribution is 2.38. The standard InChI is InChI=1S/C21H16F3N3O5/c22-9-3-14(23)12(15(24)4-9)6-25-20(30)13-7-26-8-16-27(10-1-2-11(5-10)32-16)21(31)17(26)19(29)18(13)28/h1,3-4,7,11,16,29H,2,5-6,8H2,(H,25,30)/t11-,16-/m1/s1. The number of fused-ring (bicyclic) bond motifs is 5. The Kier molecular flexibility index (Phi) is 4.59. The molecule has 5 rings (SSSR count). The van der Waals surface area contributed by atoms with Crippen LogP contribution in [0.25, 0.3) is 0 Å². The molecule has 2 N–H and O–H groups in total. The average molecular weight is 447 g/mol. The van der Waals surface area contributed by atoms with E-state index in [9.17, 15) is 32.7 Å². The van der Waals surface area contributed by atoms with Crippen LogP contribution in [0, 0.1) is 17.5 Å². The SMILES string of the molecule is O=C(NCc1c(F)cc(F)cc1F)c1cn2c(c(O)c1=O)C(=O)N1C3=CC[C@H](C3)O[C@@H]1C2. The van der Waals surface area contributed by atoms with Crippen LogP contribution in [0.2, 0.25) is 0 Å². The van der Waals surface area contributed by atoms with Crippen molar-refractivity contribution in [1.82, 2.24) is 14.8 Å². The second kappa shape index (κ2) is 7.23. The molecule has 1 aliphatic carbocycles. The minimum Gasteiger partial charge on any atom is -0.503 e. The number of amides is 2. The number of halogens is 3. The topological polar surface area (TPSA) is 101 Å². The van der Waals surface area contributed by atoms with Gasteiger partial charge in [-0.05, 0) is 6.42 Å². The number of nitrogens with one attached hydrogen (secondary N) is 1. The normalized spacial score (nSPS) is 21.2. The number of aromatic nitrogens is 1. The summed E-state index contributed by atoms with van der Waals surface area (Å²) < 4.78 is 47.8. The maximum atomic E-state index is 13.8. The molecule has 0 unspecified atom stereocenters. The molecule has 2 aromatic rings. The first-order chi connectivity index (χ1) is 15.2. The average Bonchev–Trinajstić information content (AvgIpc) is 3.10. The number of hydrogen-bond donors (Lipinski definition) is 2. The molecule has 3 heterocycles. The fraction of sp³-hybridized carbons (Fsp3) is 0.286. The highest BCUT2D eigenvalue weighted by atomic mass is 19.1. The number of carbonyl (C=O) groups is 2. The van der Waals surface area contributed by atoms with E-state index < -0.39 is 64.3 Å². The second-order valence-corrected chi connectivity index (χ2v) is 7.78. The number of hydrogen-bond acceptors (Lipinski definition) is 5. The number of rotatable bonds is 3. The van der Waals surface area contributed by atoms with Gasteiger partial charge in [-0.1, -0.05) is 6.08 Å². The van der Waals surface area contributed by atoms with Gasteiger partial charge in [0, 0.05) is 42.6 Å². The summed E-state index contributed by atoms with van der Waals surface area (Å²) in [5.41, 5.74) is -1.72. The summed E-state index contributed by atoms with van der Waals surface area (Å²) in [4.78, 5) is 39.5. The summed E-state index contributed by atoms with van der Waals surface area (Å²) in [6.07, 6.45) is 3.49. The molecule has 0 spiro atoms. The summed E-state index contributed by atoms with van der Waals surface area (Å²) in [6.45, 7) is -0.586. The highest BCUT2D eigenvalue weighted by molar-refractivity contribution is 5.99. The van der Waals surface area contributed by atoms with Crippen molar-refractivity contribution in [2.75, 3.05) is 0 Å². The first-order valence-electron chi connectivity index (χ1n) is 9.80. The Morgan fingerprint density at radius 3 is 2.66 bits per heavy atom. The third kappa shape index (κ3) is 3.08. The number of aromatic hydroxyl groups is 1. The predicted octanol–water partition coefficient (Wildman–Crippen LogP) is 1.76. The first-order valence-corrected chi connectivity index (χ1v) is 9.80. The molecule has 1 fully saturated rings. The molecular weight excluding hydrogens is 431 g/mol. The predicted molar refractivity (Wildman–Crippen MR) is 102 cm³/mol. The van der Waals surface area contributed by atoms with Gasteiger partial charge in [-0.2, -0.15) is 0 Å². The van der Waals surface area contributed by atoms with Gasteiger partial charge >= 0.3 is 0 Å². The Balaban J connectivity index is 1.45. The molecule has 32 heavy (non-hydrogen) atoms. The highest BCUT2D eigenvalue weighted by Gasteiger charge is 2.44. The molecule has 2 aliphatic heterocycles. The van der Waals surface area contributed by atoms with E-state index >= 15 is 0 Å². The smallest absolute Gasteiger partial charge is 0.280 e. The van der Waals surface area contributed by atoms with Crippen LogP contribution in [0.1, 0.15) is 39.3 Å². The molecule has 2 bridgehead atoms. The summed E-state index contributed by atoms with van der Waals surface area (Å²) in [5.74, 6) is -6.05. The van der Waals surface area contributed by atoms with E-state index in [2.05, 4.69) is 5.32 Å². The van der Waals surface area contributed by atoms with E-state index in [0.29, 0.717) is 25.0 Å². The minimum absolute atomic E-state index is 0.0585. The Morgan fingerprint density at radius 1 is 1.22 bits per heavy atom. The number of benzene rings is 1. The second-order valence-electron chi connectivity index (χ2n) is 7.78. The Morgan fingerprint density at radius 2 is 1.94 bits per heavy atom. The Bertz CT molecular complexity index is 1250. The fourth-order valence-electron chi connectivity index (χ4n) is 4.29. The zero-order chi connectivity index (χ0) is 22.7. The van der Waals surface area contributed by atoms with Crippen molar-refractivity contribution in [3.05, 3.63) is 74.6 Å². The minimum atomic E-state index is -1.20. The number of nitrogens with zero attached hydrogens (tertiary/aromatic N) is 2. The van der Waals surface area contributed by atoms with E-state index in [-0.39, 0.29) is 18.3 Å². The molecule has 1 aromatic carbocycles. The van der Waals surface area contributed by atoms with Crippen LogP contribution in [-0.4, -0.2) is 38.7 Å². The zero-order valence-corrected chi connectivity index (χ0v) is 16.4. The molecule has 8 nitrogen and oxygen atoms in total. The van der Waals surface area contributed by atoms with E-state index in [1.54, 1.807) is 0 Å². The monoisotopic (exact) mass is 447 g/mol. The lowest BCUT2D eigenvalue weighted by Gasteiger charge is -2.42. The molecule has 2 atom stereocenters. The lowest BCUT2D eigenvalue weighted by Crippen LogP contribution is -2.53. The summed E-state index contributed by atoms with van der Waals surface area (Å²) >= 11 is 0. The van der Waals surface area contributed by atoms with E-state index in [1.165, 1.54) is 9.47 Å².